The van der Waals surface area contributed by atoms with Crippen molar-refractivity contribution in [1.82, 2.24) is 5.32 Å². The Hall–Kier alpha value is -0.690. The molecule has 2 saturated heterocycles. The topological polar surface area (TPSA) is 77.0 Å². The number of rotatable bonds is 1. The second kappa shape index (κ2) is 4.53. The van der Waals surface area contributed by atoms with Gasteiger partial charge in [-0.25, -0.2) is 0 Å². The van der Waals surface area contributed by atoms with Crippen molar-refractivity contribution in [3.63, 3.8) is 0 Å². The van der Waals surface area contributed by atoms with E-state index >= 15 is 0 Å². The third-order valence-corrected chi connectivity index (χ3v) is 3.01. The number of carbonyl (C=O) groups excluding carboxylic acids is 1. The maximum atomic E-state index is 11.0. The molecule has 2 aliphatic rings. The standard InChI is InChI=1S/C11H19NO5/c1-6(13)12-7-4-15-8-5-16-11(2,3)17-10(8)9(7)14/h7-10,14H,4-5H2,1-3H3,(H,12,13)/t7-,8-,9-,10+/m1/s1. The molecule has 6 heteroatoms. The maximum Gasteiger partial charge on any atom is 0.217 e. The van der Waals surface area contributed by atoms with Gasteiger partial charge >= 0.3 is 0 Å². The minimum atomic E-state index is -0.777. The maximum absolute atomic E-state index is 11.0. The van der Waals surface area contributed by atoms with Crippen molar-refractivity contribution in [1.29, 1.82) is 0 Å². The average Bonchev–Trinajstić information content (AvgIpc) is 2.22. The van der Waals surface area contributed by atoms with Crippen molar-refractivity contribution >= 4 is 5.91 Å². The summed E-state index contributed by atoms with van der Waals surface area (Å²) in [4.78, 5) is 11.0. The predicted octanol–water partition coefficient (Wildman–Crippen LogP) is -0.598. The van der Waals surface area contributed by atoms with Crippen LogP contribution in [0.5, 0.6) is 0 Å². The van der Waals surface area contributed by atoms with Crippen molar-refractivity contribution in [2.24, 2.45) is 0 Å². The molecule has 6 nitrogen and oxygen atoms in total. The minimum Gasteiger partial charge on any atom is -0.388 e. The Morgan fingerprint density at radius 1 is 1.41 bits per heavy atom. The summed E-state index contributed by atoms with van der Waals surface area (Å²) in [6.45, 7) is 5.65. The van der Waals surface area contributed by atoms with Crippen LogP contribution >= 0.6 is 0 Å². The molecular weight excluding hydrogens is 226 g/mol. The molecule has 2 N–H and O–H groups in total. The SMILES string of the molecule is CC(=O)N[C@@H]1CO[C@@H]2COC(C)(C)O[C@@H]2[C@@H]1O. The second-order valence-corrected chi connectivity index (χ2v) is 4.96. The zero-order valence-corrected chi connectivity index (χ0v) is 10.3. The Bertz CT molecular complexity index is 306. The molecule has 98 valence electrons. The second-order valence-electron chi connectivity index (χ2n) is 4.96. The molecule has 0 aromatic rings. The molecule has 0 saturated carbocycles. The summed E-state index contributed by atoms with van der Waals surface area (Å²) < 4.78 is 16.6. The number of amides is 1. The molecule has 2 aliphatic heterocycles. The monoisotopic (exact) mass is 245 g/mol. The minimum absolute atomic E-state index is 0.192. The van der Waals surface area contributed by atoms with Gasteiger partial charge < -0.3 is 24.6 Å². The Balaban J connectivity index is 2.04. The lowest BCUT2D eigenvalue weighted by molar-refractivity contribution is -0.338. The third-order valence-electron chi connectivity index (χ3n) is 3.01. The van der Waals surface area contributed by atoms with Gasteiger partial charge in [-0.3, -0.25) is 4.79 Å². The highest BCUT2D eigenvalue weighted by Gasteiger charge is 2.47. The van der Waals surface area contributed by atoms with Crippen molar-refractivity contribution in [3.05, 3.63) is 0 Å². The molecule has 1 amide bonds. The largest absolute Gasteiger partial charge is 0.388 e. The van der Waals surface area contributed by atoms with Crippen LogP contribution < -0.4 is 5.32 Å². The molecule has 2 heterocycles. The lowest BCUT2D eigenvalue weighted by Crippen LogP contribution is -2.64. The zero-order valence-electron chi connectivity index (χ0n) is 10.3. The smallest absolute Gasteiger partial charge is 0.217 e. The highest BCUT2D eigenvalue weighted by molar-refractivity contribution is 5.73. The molecule has 4 atom stereocenters. The number of carbonyl (C=O) groups is 1. The van der Waals surface area contributed by atoms with Gasteiger partial charge in [0.2, 0.25) is 5.91 Å². The Morgan fingerprint density at radius 2 is 2.12 bits per heavy atom. The normalized spacial score (nSPS) is 40.5. The first-order valence-electron chi connectivity index (χ1n) is 5.77. The van der Waals surface area contributed by atoms with Gasteiger partial charge in [-0.05, 0) is 13.8 Å². The van der Waals surface area contributed by atoms with Crippen molar-refractivity contribution in [2.75, 3.05) is 13.2 Å². The van der Waals surface area contributed by atoms with Gasteiger partial charge in [0, 0.05) is 6.92 Å². The summed E-state index contributed by atoms with van der Waals surface area (Å²) in [5.41, 5.74) is 0. The summed E-state index contributed by atoms with van der Waals surface area (Å²) in [6.07, 6.45) is -1.52. The van der Waals surface area contributed by atoms with E-state index < -0.39 is 24.0 Å². The molecule has 0 bridgehead atoms. The van der Waals surface area contributed by atoms with Gasteiger partial charge in [-0.15, -0.1) is 0 Å². The van der Waals surface area contributed by atoms with Gasteiger partial charge in [0.25, 0.3) is 0 Å². The van der Waals surface area contributed by atoms with Crippen LogP contribution in [0.2, 0.25) is 0 Å². The molecule has 0 unspecified atom stereocenters. The zero-order chi connectivity index (χ0) is 12.6. The van der Waals surface area contributed by atoms with Crippen LogP contribution in [0.3, 0.4) is 0 Å². The molecular formula is C11H19NO5. The fraction of sp³-hybridized carbons (Fsp3) is 0.909. The lowest BCUT2D eigenvalue weighted by atomic mass is 9.96. The Kier molecular flexibility index (Phi) is 3.40. The van der Waals surface area contributed by atoms with Gasteiger partial charge in [-0.1, -0.05) is 0 Å². The molecule has 2 fully saturated rings. The number of aliphatic hydroxyl groups excluding tert-OH is 1. The molecule has 17 heavy (non-hydrogen) atoms. The quantitative estimate of drug-likeness (QED) is 0.645. The van der Waals surface area contributed by atoms with Crippen LogP contribution in [0.4, 0.5) is 0 Å². The summed E-state index contributed by atoms with van der Waals surface area (Å²) in [5.74, 6) is -0.925. The van der Waals surface area contributed by atoms with E-state index in [2.05, 4.69) is 5.32 Å². The van der Waals surface area contributed by atoms with Crippen LogP contribution in [-0.4, -0.2) is 54.4 Å². The molecule has 0 radical (unpaired) electrons. The fourth-order valence-corrected chi connectivity index (χ4v) is 2.19. The van der Waals surface area contributed by atoms with Crippen LogP contribution in [-0.2, 0) is 19.0 Å². The number of ether oxygens (including phenoxy) is 3. The molecule has 0 aromatic heterocycles. The van der Waals surface area contributed by atoms with Gasteiger partial charge in [0.1, 0.15) is 18.3 Å². The molecule has 0 aromatic carbocycles. The van der Waals surface area contributed by atoms with Crippen LogP contribution in [0, 0.1) is 0 Å². The number of nitrogens with one attached hydrogen (secondary N) is 1. The van der Waals surface area contributed by atoms with Crippen LogP contribution in [0.25, 0.3) is 0 Å². The van der Waals surface area contributed by atoms with Gasteiger partial charge in [-0.2, -0.15) is 0 Å². The van der Waals surface area contributed by atoms with E-state index in [9.17, 15) is 9.90 Å². The number of aliphatic hydroxyl groups is 1. The summed E-state index contributed by atoms with van der Waals surface area (Å²) >= 11 is 0. The number of fused-ring (bicyclic) bond motifs is 1. The van der Waals surface area contributed by atoms with E-state index in [4.69, 9.17) is 14.2 Å². The first-order chi connectivity index (χ1) is 7.89. The summed E-state index contributed by atoms with van der Waals surface area (Å²) in [5, 5.41) is 12.8. The lowest BCUT2D eigenvalue weighted by Gasteiger charge is -2.47. The average molecular weight is 245 g/mol. The summed E-state index contributed by atoms with van der Waals surface area (Å²) in [6, 6.07) is -0.428. The Morgan fingerprint density at radius 3 is 2.76 bits per heavy atom. The molecule has 0 spiro atoms. The van der Waals surface area contributed by atoms with Crippen molar-refractivity contribution in [3.8, 4) is 0 Å². The van der Waals surface area contributed by atoms with Gasteiger partial charge in [0.05, 0.1) is 19.3 Å². The first kappa shape index (κ1) is 12.8. The third kappa shape index (κ3) is 2.77. The van der Waals surface area contributed by atoms with E-state index in [-0.39, 0.29) is 18.6 Å². The molecule has 2 rings (SSSR count). The van der Waals surface area contributed by atoms with E-state index in [0.29, 0.717) is 6.61 Å². The van der Waals surface area contributed by atoms with E-state index in [1.165, 1.54) is 6.92 Å². The first-order valence-corrected chi connectivity index (χ1v) is 5.77. The van der Waals surface area contributed by atoms with E-state index in [1.807, 2.05) is 0 Å². The molecule has 0 aliphatic carbocycles. The fourth-order valence-electron chi connectivity index (χ4n) is 2.19. The highest BCUT2D eigenvalue weighted by Crippen LogP contribution is 2.29. The van der Waals surface area contributed by atoms with E-state index in [0.717, 1.165) is 0 Å². The van der Waals surface area contributed by atoms with Crippen molar-refractivity contribution in [2.45, 2.75) is 50.9 Å². The highest BCUT2D eigenvalue weighted by atomic mass is 16.7. The van der Waals surface area contributed by atoms with Crippen LogP contribution in [0.15, 0.2) is 0 Å². The number of hydrogen-bond donors (Lipinski definition) is 2. The Labute approximate surface area is 100 Å². The summed E-state index contributed by atoms with van der Waals surface area (Å²) in [7, 11) is 0. The number of hydrogen-bond acceptors (Lipinski definition) is 5. The van der Waals surface area contributed by atoms with Crippen LogP contribution in [0.1, 0.15) is 20.8 Å². The van der Waals surface area contributed by atoms with Crippen molar-refractivity contribution < 1.29 is 24.1 Å². The van der Waals surface area contributed by atoms with Gasteiger partial charge in [0.15, 0.2) is 5.79 Å². The predicted molar refractivity (Wildman–Crippen MR) is 58.3 cm³/mol. The van der Waals surface area contributed by atoms with E-state index in [1.54, 1.807) is 13.8 Å².